The van der Waals surface area contributed by atoms with Crippen molar-refractivity contribution in [3.05, 3.63) is 28.0 Å². The molecule has 6 rings (SSSR count). The van der Waals surface area contributed by atoms with E-state index < -0.39 is 11.0 Å². The summed E-state index contributed by atoms with van der Waals surface area (Å²) in [6.45, 7) is 2.46. The number of aliphatic hydroxyl groups excluding tert-OH is 1. The average molecular weight is 373 g/mol. The first-order chi connectivity index (χ1) is 12.9. The average Bonchev–Trinajstić information content (AvgIpc) is 3.42. The second-order valence-corrected chi connectivity index (χ2v) is 9.59. The van der Waals surface area contributed by atoms with E-state index in [0.29, 0.717) is 38.0 Å². The smallest absolute Gasteiger partial charge is 0.165 e. The highest BCUT2D eigenvalue weighted by atomic mass is 16.6. The lowest BCUT2D eigenvalue weighted by Gasteiger charge is -2.68. The molecule has 0 amide bonds. The normalized spacial score (nSPS) is 46.7. The second-order valence-electron chi connectivity index (χ2n) is 9.59. The van der Waals surface area contributed by atoms with Gasteiger partial charge in [-0.1, -0.05) is 0 Å². The molecule has 27 heavy (non-hydrogen) atoms. The lowest BCUT2D eigenvalue weighted by Crippen LogP contribution is -2.80. The molecule has 146 valence electrons. The summed E-state index contributed by atoms with van der Waals surface area (Å²) in [4.78, 5) is 0. The van der Waals surface area contributed by atoms with Crippen LogP contribution in [0.25, 0.3) is 0 Å². The van der Waals surface area contributed by atoms with Crippen molar-refractivity contribution in [1.82, 2.24) is 0 Å². The highest BCUT2D eigenvalue weighted by Gasteiger charge is 2.76. The standard InChI is InChI=1S/C21H27NO5/c1-11-8-15(24)18-17-14(11)9-16-21(25)5-4-12(10-23)19(27-18)20(17,21)6-7-22(16,26)13-2-3-13/h8,12-13,16,19,23-25H,2-7,9-10H2,1H3/t12-,16-,19+,20+,21-,22?/m1/s1. The predicted molar refractivity (Wildman–Crippen MR) is 97.3 cm³/mol. The van der Waals surface area contributed by atoms with Crippen molar-refractivity contribution in [1.29, 1.82) is 0 Å². The van der Waals surface area contributed by atoms with Gasteiger partial charge in [-0.25, -0.2) is 0 Å². The molecule has 0 radical (unpaired) electrons. The van der Waals surface area contributed by atoms with Crippen LogP contribution < -0.4 is 4.74 Å². The van der Waals surface area contributed by atoms with Crippen LogP contribution in [-0.2, 0) is 11.8 Å². The quantitative estimate of drug-likeness (QED) is 0.541. The van der Waals surface area contributed by atoms with Crippen molar-refractivity contribution in [2.24, 2.45) is 5.92 Å². The predicted octanol–water partition coefficient (Wildman–Crippen LogP) is 1.64. The van der Waals surface area contributed by atoms with Crippen molar-refractivity contribution in [3.8, 4) is 11.5 Å². The Kier molecular flexibility index (Phi) is 2.95. The Morgan fingerprint density at radius 2 is 2.07 bits per heavy atom. The van der Waals surface area contributed by atoms with Crippen LogP contribution in [0, 0.1) is 18.0 Å². The van der Waals surface area contributed by atoms with Crippen LogP contribution in [0.2, 0.25) is 0 Å². The molecule has 2 saturated carbocycles. The first kappa shape index (κ1) is 16.6. The maximum absolute atomic E-state index is 14.0. The molecule has 2 bridgehead atoms. The summed E-state index contributed by atoms with van der Waals surface area (Å²) in [6.07, 6.45) is 3.80. The molecule has 1 spiro atoms. The van der Waals surface area contributed by atoms with Crippen molar-refractivity contribution in [3.63, 3.8) is 0 Å². The number of hydroxylamine groups is 3. The van der Waals surface area contributed by atoms with Crippen LogP contribution in [-0.4, -0.2) is 56.9 Å². The van der Waals surface area contributed by atoms with Gasteiger partial charge in [-0.15, -0.1) is 0 Å². The SMILES string of the molecule is Cc1cc(O)c2c3c1C[C@@H]1[C@]4(O)CC[C@H](CO)[C@H](O2)[C@]34CC[N+]1([O-])C1CC1. The number of quaternary nitrogens is 1. The number of phenolic OH excluding ortho intramolecular Hbond substituents is 1. The van der Waals surface area contributed by atoms with E-state index in [4.69, 9.17) is 4.74 Å². The van der Waals surface area contributed by atoms with E-state index in [1.165, 1.54) is 0 Å². The number of hydrogen-bond donors (Lipinski definition) is 3. The van der Waals surface area contributed by atoms with E-state index in [1.54, 1.807) is 6.07 Å². The molecule has 5 aliphatic rings. The Bertz CT molecular complexity index is 853. The van der Waals surface area contributed by atoms with Crippen LogP contribution in [0.5, 0.6) is 11.5 Å². The van der Waals surface area contributed by atoms with Crippen molar-refractivity contribution in [2.45, 2.75) is 74.7 Å². The van der Waals surface area contributed by atoms with Gasteiger partial charge in [0.15, 0.2) is 11.5 Å². The number of ether oxygens (including phenoxy) is 1. The van der Waals surface area contributed by atoms with Crippen molar-refractivity contribution in [2.75, 3.05) is 13.2 Å². The van der Waals surface area contributed by atoms with E-state index in [9.17, 15) is 20.5 Å². The minimum Gasteiger partial charge on any atom is -0.632 e. The molecule has 3 fully saturated rings. The van der Waals surface area contributed by atoms with Crippen molar-refractivity contribution < 1.29 is 24.7 Å². The highest BCUT2D eigenvalue weighted by molar-refractivity contribution is 5.64. The van der Waals surface area contributed by atoms with E-state index in [-0.39, 0.29) is 41.1 Å². The van der Waals surface area contributed by atoms with Crippen LogP contribution in [0.1, 0.15) is 48.8 Å². The summed E-state index contributed by atoms with van der Waals surface area (Å²) in [6, 6.07) is 1.46. The number of nitrogens with zero attached hydrogens (tertiary/aromatic N) is 1. The molecule has 6 atom stereocenters. The van der Waals surface area contributed by atoms with Gasteiger partial charge in [0, 0.05) is 43.8 Å². The Balaban J connectivity index is 1.65. The Hall–Kier alpha value is -1.34. The zero-order chi connectivity index (χ0) is 18.8. The molecule has 1 aromatic rings. The van der Waals surface area contributed by atoms with Gasteiger partial charge in [-0.3, -0.25) is 0 Å². The maximum Gasteiger partial charge on any atom is 0.165 e. The number of rotatable bonds is 2. The number of aliphatic hydroxyl groups is 2. The number of phenols is 1. The number of likely N-dealkylation sites (tertiary alicyclic amines) is 1. The van der Waals surface area contributed by atoms with Crippen LogP contribution in [0.3, 0.4) is 0 Å². The Labute approximate surface area is 158 Å². The van der Waals surface area contributed by atoms with Gasteiger partial charge in [-0.05, 0) is 37.0 Å². The van der Waals surface area contributed by atoms with E-state index in [1.807, 2.05) is 6.92 Å². The molecule has 2 aliphatic heterocycles. The summed E-state index contributed by atoms with van der Waals surface area (Å²) in [5.74, 6) is 0.509. The second kappa shape index (κ2) is 4.79. The number of piperidine rings is 1. The van der Waals surface area contributed by atoms with E-state index in [2.05, 4.69) is 0 Å². The third kappa shape index (κ3) is 1.65. The minimum atomic E-state index is -1.13. The fourth-order valence-electron chi connectivity index (χ4n) is 7.25. The monoisotopic (exact) mass is 373 g/mol. The minimum absolute atomic E-state index is 0.00374. The number of hydrogen-bond acceptors (Lipinski definition) is 5. The third-order valence-corrected chi connectivity index (χ3v) is 8.60. The van der Waals surface area contributed by atoms with Gasteiger partial charge in [-0.2, -0.15) is 0 Å². The van der Waals surface area contributed by atoms with Crippen LogP contribution in [0.4, 0.5) is 0 Å². The summed E-state index contributed by atoms with van der Waals surface area (Å²) >= 11 is 0. The Morgan fingerprint density at radius 3 is 2.78 bits per heavy atom. The molecule has 3 N–H and O–H groups in total. The fourth-order valence-corrected chi connectivity index (χ4v) is 7.25. The van der Waals surface area contributed by atoms with E-state index in [0.717, 1.165) is 29.5 Å². The Morgan fingerprint density at radius 1 is 1.30 bits per heavy atom. The zero-order valence-corrected chi connectivity index (χ0v) is 15.6. The van der Waals surface area contributed by atoms with Crippen molar-refractivity contribution >= 4 is 0 Å². The molecule has 1 saturated heterocycles. The lowest BCUT2D eigenvalue weighted by atomic mass is 9.47. The first-order valence-electron chi connectivity index (χ1n) is 10.3. The van der Waals surface area contributed by atoms with Crippen LogP contribution >= 0.6 is 0 Å². The van der Waals surface area contributed by atoms with Gasteiger partial charge in [0.2, 0.25) is 0 Å². The van der Waals surface area contributed by atoms with Gasteiger partial charge in [0.05, 0.1) is 18.0 Å². The summed E-state index contributed by atoms with van der Waals surface area (Å²) < 4.78 is 6.02. The molecule has 0 aromatic heterocycles. The summed E-state index contributed by atoms with van der Waals surface area (Å²) in [5, 5.41) is 46.7. The number of benzene rings is 1. The number of aryl methyl sites for hydroxylation is 1. The van der Waals surface area contributed by atoms with Gasteiger partial charge < -0.3 is 29.9 Å². The molecule has 3 aliphatic carbocycles. The topological polar surface area (TPSA) is 93.0 Å². The molecular formula is C21H27NO5. The molecular weight excluding hydrogens is 346 g/mol. The number of aromatic hydroxyl groups is 1. The highest BCUT2D eigenvalue weighted by Crippen LogP contribution is 2.68. The molecule has 1 aromatic carbocycles. The van der Waals surface area contributed by atoms with Crippen LogP contribution in [0.15, 0.2) is 6.07 Å². The zero-order valence-electron chi connectivity index (χ0n) is 15.6. The molecule has 1 unspecified atom stereocenters. The van der Waals surface area contributed by atoms with Gasteiger partial charge in [0.1, 0.15) is 17.7 Å². The maximum atomic E-state index is 14.0. The molecule has 2 heterocycles. The lowest BCUT2D eigenvalue weighted by molar-refractivity contribution is -0.932. The largest absolute Gasteiger partial charge is 0.632 e. The van der Waals surface area contributed by atoms with Gasteiger partial charge >= 0.3 is 0 Å². The third-order valence-electron chi connectivity index (χ3n) is 8.60. The molecule has 6 nitrogen and oxygen atoms in total. The van der Waals surface area contributed by atoms with Gasteiger partial charge in [0.25, 0.3) is 0 Å². The van der Waals surface area contributed by atoms with E-state index >= 15 is 0 Å². The first-order valence-corrected chi connectivity index (χ1v) is 10.3. The fraction of sp³-hybridized carbons (Fsp3) is 0.714. The summed E-state index contributed by atoms with van der Waals surface area (Å²) in [7, 11) is 0. The molecule has 6 heteroatoms. The summed E-state index contributed by atoms with van der Waals surface area (Å²) in [5.41, 5.74) is 1.17.